The van der Waals surface area contributed by atoms with Gasteiger partial charge in [0.15, 0.2) is 0 Å². The van der Waals surface area contributed by atoms with E-state index in [9.17, 15) is 22.4 Å². The minimum Gasteiger partial charge on any atom is -0.494 e. The number of carbonyl (C=O) groups is 2. The van der Waals surface area contributed by atoms with Crippen molar-refractivity contribution in [2.45, 2.75) is 58.5 Å². The Bertz CT molecular complexity index is 1400. The van der Waals surface area contributed by atoms with E-state index < -0.39 is 21.9 Å². The van der Waals surface area contributed by atoms with Gasteiger partial charge >= 0.3 is 0 Å². The molecule has 1 atom stereocenters. The molecule has 0 saturated carbocycles. The number of nitrogens with zero attached hydrogens (tertiary/aromatic N) is 2. The Morgan fingerprint density at radius 3 is 2.19 bits per heavy atom. The molecule has 0 spiro atoms. The number of sulfonamides is 1. The smallest absolute Gasteiger partial charge is 0.243 e. The number of carbonyl (C=O) groups excluding carboxylic acids is 2. The Kier molecular flexibility index (Phi) is 13.0. The molecule has 1 N–H and O–H groups in total. The topological polar surface area (TPSA) is 96.0 Å². The second-order valence-electron chi connectivity index (χ2n) is 10.4. The van der Waals surface area contributed by atoms with Crippen molar-refractivity contribution >= 4 is 27.5 Å². The average molecular weight is 612 g/mol. The molecule has 0 heterocycles. The number of benzene rings is 3. The third-order valence-corrected chi connectivity index (χ3v) is 8.15. The van der Waals surface area contributed by atoms with Crippen molar-refractivity contribution in [1.82, 2.24) is 10.2 Å². The Balaban J connectivity index is 1.84. The summed E-state index contributed by atoms with van der Waals surface area (Å²) < 4.78 is 45.7. The number of hydrogen-bond donors (Lipinski definition) is 1. The minimum absolute atomic E-state index is 0.0117. The summed E-state index contributed by atoms with van der Waals surface area (Å²) in [5, 5.41) is 2.97. The monoisotopic (exact) mass is 611 g/mol. The summed E-state index contributed by atoms with van der Waals surface area (Å²) in [5.74, 6) is -0.320. The van der Waals surface area contributed by atoms with Crippen molar-refractivity contribution < 1.29 is 27.1 Å². The molecule has 0 unspecified atom stereocenters. The molecular weight excluding hydrogens is 569 g/mol. The van der Waals surface area contributed by atoms with E-state index in [0.717, 1.165) is 24.7 Å². The molecule has 0 fully saturated rings. The molecule has 2 amide bonds. The first-order valence-corrected chi connectivity index (χ1v) is 16.5. The first-order valence-electron chi connectivity index (χ1n) is 14.7. The molecule has 232 valence electrons. The van der Waals surface area contributed by atoms with Crippen LogP contribution in [-0.2, 0) is 32.6 Å². The van der Waals surface area contributed by atoms with Crippen molar-refractivity contribution in [3.8, 4) is 5.75 Å². The second kappa shape index (κ2) is 16.6. The predicted octanol–water partition coefficient (Wildman–Crippen LogP) is 5.33. The zero-order valence-electron chi connectivity index (χ0n) is 25.2. The average Bonchev–Trinajstić information content (AvgIpc) is 2.98. The summed E-state index contributed by atoms with van der Waals surface area (Å²) in [6.45, 7) is 5.07. The minimum atomic E-state index is -3.63. The van der Waals surface area contributed by atoms with Crippen LogP contribution in [0.5, 0.6) is 5.75 Å². The van der Waals surface area contributed by atoms with Gasteiger partial charge in [0.05, 0.1) is 18.6 Å². The molecule has 3 aromatic carbocycles. The highest BCUT2D eigenvalue weighted by Crippen LogP contribution is 2.23. The number of rotatable bonds is 17. The van der Waals surface area contributed by atoms with Crippen LogP contribution in [-0.4, -0.2) is 57.1 Å². The molecule has 43 heavy (non-hydrogen) atoms. The van der Waals surface area contributed by atoms with Crippen molar-refractivity contribution in [2.75, 3.05) is 30.3 Å². The highest BCUT2D eigenvalue weighted by molar-refractivity contribution is 7.92. The molecule has 3 rings (SSSR count). The van der Waals surface area contributed by atoms with Crippen molar-refractivity contribution in [3.63, 3.8) is 0 Å². The second-order valence-corrected chi connectivity index (χ2v) is 12.3. The summed E-state index contributed by atoms with van der Waals surface area (Å²) in [6.07, 6.45) is 3.39. The maximum Gasteiger partial charge on any atom is 0.243 e. The zero-order chi connectivity index (χ0) is 31.2. The standard InChI is InChI=1S/C33H42FN3O5S/c1-4-6-22-35-33(39)31(24-26-11-8-7-9-12-26)36(25-27-14-16-28(34)17-15-27)32(38)13-10-23-37(43(3,40)41)29-18-20-30(21-19-29)42-5-2/h7-9,11-12,14-21,31H,4-6,10,13,22-25H2,1-3H3,(H,35,39)/t31-/m1/s1. The van der Waals surface area contributed by atoms with E-state index in [-0.39, 0.29) is 37.7 Å². The normalized spacial score (nSPS) is 11.9. The van der Waals surface area contributed by atoms with E-state index in [2.05, 4.69) is 5.32 Å². The summed E-state index contributed by atoms with van der Waals surface area (Å²) in [4.78, 5) is 28.9. The lowest BCUT2D eigenvalue weighted by molar-refractivity contribution is -0.141. The van der Waals surface area contributed by atoms with Crippen LogP contribution in [0.3, 0.4) is 0 Å². The summed E-state index contributed by atoms with van der Waals surface area (Å²) in [6, 6.07) is 21.3. The maximum absolute atomic E-state index is 13.9. The molecule has 0 aromatic heterocycles. The molecule has 0 aliphatic rings. The van der Waals surface area contributed by atoms with Gasteiger partial charge in [0.25, 0.3) is 0 Å². The van der Waals surface area contributed by atoms with Gasteiger partial charge in [0.2, 0.25) is 21.8 Å². The Morgan fingerprint density at radius 1 is 0.907 bits per heavy atom. The molecule has 10 heteroatoms. The van der Waals surface area contributed by atoms with E-state index in [1.54, 1.807) is 36.4 Å². The van der Waals surface area contributed by atoms with Crippen LogP contribution in [0.2, 0.25) is 0 Å². The van der Waals surface area contributed by atoms with Gasteiger partial charge in [-0.15, -0.1) is 0 Å². The van der Waals surface area contributed by atoms with Gasteiger partial charge in [-0.3, -0.25) is 13.9 Å². The third-order valence-electron chi connectivity index (χ3n) is 6.95. The quantitative estimate of drug-likeness (QED) is 0.208. The maximum atomic E-state index is 13.9. The predicted molar refractivity (Wildman–Crippen MR) is 168 cm³/mol. The lowest BCUT2D eigenvalue weighted by atomic mass is 10.0. The summed E-state index contributed by atoms with van der Waals surface area (Å²) in [5.41, 5.74) is 2.05. The Hall–Kier alpha value is -3.92. The van der Waals surface area contributed by atoms with Gasteiger partial charge in [0, 0.05) is 32.5 Å². The molecular formula is C33H42FN3O5S. The number of ether oxygens (including phenoxy) is 1. The first kappa shape index (κ1) is 33.6. The number of nitrogens with one attached hydrogen (secondary N) is 1. The molecule has 0 aliphatic carbocycles. The molecule has 0 saturated heterocycles. The highest BCUT2D eigenvalue weighted by atomic mass is 32.2. The fraction of sp³-hybridized carbons (Fsp3) is 0.394. The van der Waals surface area contributed by atoms with Crippen LogP contribution < -0.4 is 14.4 Å². The van der Waals surface area contributed by atoms with Crippen LogP contribution >= 0.6 is 0 Å². The van der Waals surface area contributed by atoms with E-state index in [1.807, 2.05) is 44.2 Å². The summed E-state index contributed by atoms with van der Waals surface area (Å²) in [7, 11) is -3.63. The van der Waals surface area contributed by atoms with E-state index in [0.29, 0.717) is 36.6 Å². The van der Waals surface area contributed by atoms with Gasteiger partial charge in [-0.1, -0.05) is 55.8 Å². The van der Waals surface area contributed by atoms with Gasteiger partial charge < -0.3 is 15.0 Å². The number of anilines is 1. The van der Waals surface area contributed by atoms with Gasteiger partial charge in [-0.2, -0.15) is 0 Å². The molecule has 0 bridgehead atoms. The first-order chi connectivity index (χ1) is 20.6. The fourth-order valence-corrected chi connectivity index (χ4v) is 5.69. The van der Waals surface area contributed by atoms with Crippen molar-refractivity contribution in [1.29, 1.82) is 0 Å². The van der Waals surface area contributed by atoms with E-state index in [4.69, 9.17) is 4.74 Å². The van der Waals surface area contributed by atoms with Crippen LogP contribution in [0.1, 0.15) is 50.7 Å². The molecule has 0 aliphatic heterocycles. The lowest BCUT2D eigenvalue weighted by Gasteiger charge is -2.32. The summed E-state index contributed by atoms with van der Waals surface area (Å²) >= 11 is 0. The van der Waals surface area contributed by atoms with Crippen LogP contribution in [0, 0.1) is 5.82 Å². The van der Waals surface area contributed by atoms with Crippen LogP contribution in [0.4, 0.5) is 10.1 Å². The van der Waals surface area contributed by atoms with Gasteiger partial charge in [-0.05, 0) is 67.3 Å². The zero-order valence-corrected chi connectivity index (χ0v) is 26.0. The van der Waals surface area contributed by atoms with Crippen molar-refractivity contribution in [2.24, 2.45) is 0 Å². The lowest BCUT2D eigenvalue weighted by Crippen LogP contribution is -2.50. The fourth-order valence-electron chi connectivity index (χ4n) is 4.73. The largest absolute Gasteiger partial charge is 0.494 e. The number of halogens is 1. The SMILES string of the molecule is CCCCNC(=O)[C@@H](Cc1ccccc1)N(Cc1ccc(F)cc1)C(=O)CCCN(c1ccc(OCC)cc1)S(C)(=O)=O. The molecule has 8 nitrogen and oxygen atoms in total. The van der Waals surface area contributed by atoms with Crippen LogP contribution in [0.25, 0.3) is 0 Å². The Morgan fingerprint density at radius 2 is 1.58 bits per heavy atom. The number of amides is 2. The van der Waals surface area contributed by atoms with E-state index >= 15 is 0 Å². The van der Waals surface area contributed by atoms with Gasteiger partial charge in [0.1, 0.15) is 17.6 Å². The molecule has 0 radical (unpaired) electrons. The highest BCUT2D eigenvalue weighted by Gasteiger charge is 2.30. The third kappa shape index (κ3) is 10.7. The van der Waals surface area contributed by atoms with Gasteiger partial charge in [-0.25, -0.2) is 12.8 Å². The molecule has 3 aromatic rings. The van der Waals surface area contributed by atoms with Crippen LogP contribution in [0.15, 0.2) is 78.9 Å². The Labute approximate surface area is 254 Å². The number of unbranched alkanes of at least 4 members (excludes halogenated alkanes) is 1. The van der Waals surface area contributed by atoms with E-state index in [1.165, 1.54) is 21.3 Å². The van der Waals surface area contributed by atoms with Crippen molar-refractivity contribution in [3.05, 3.63) is 95.8 Å². The number of hydrogen-bond acceptors (Lipinski definition) is 5.